The molecule has 0 amide bonds. The number of hydrogen-bond donors (Lipinski definition) is 0. The summed E-state index contributed by atoms with van der Waals surface area (Å²) in [5.74, 6) is 0.629. The first-order valence-electron chi connectivity index (χ1n) is 17.0. The molecule has 1 heterocycles. The summed E-state index contributed by atoms with van der Waals surface area (Å²) in [4.78, 5) is 7.30. The summed E-state index contributed by atoms with van der Waals surface area (Å²) >= 11 is 0. The van der Waals surface area contributed by atoms with E-state index in [0.29, 0.717) is 5.89 Å². The van der Waals surface area contributed by atoms with Gasteiger partial charge < -0.3 is 9.32 Å². The Morgan fingerprint density at radius 1 is 0.380 bits per heavy atom. The first kappa shape index (κ1) is 28.3. The van der Waals surface area contributed by atoms with Crippen molar-refractivity contribution in [2.75, 3.05) is 4.90 Å². The van der Waals surface area contributed by atoms with Gasteiger partial charge in [0.1, 0.15) is 5.52 Å². The molecule has 3 heteroatoms. The summed E-state index contributed by atoms with van der Waals surface area (Å²) in [6, 6.07) is 64.8. The van der Waals surface area contributed by atoms with Crippen molar-refractivity contribution in [3.8, 4) is 22.6 Å². The summed E-state index contributed by atoms with van der Waals surface area (Å²) in [5, 5.41) is 9.94. The van der Waals surface area contributed by atoms with Crippen LogP contribution in [0.4, 0.5) is 17.1 Å². The summed E-state index contributed by atoms with van der Waals surface area (Å²) in [5.41, 5.74) is 8.01. The molecule has 0 spiro atoms. The summed E-state index contributed by atoms with van der Waals surface area (Å²) in [6.07, 6.45) is 0. The van der Waals surface area contributed by atoms with Gasteiger partial charge in [0.25, 0.3) is 0 Å². The van der Waals surface area contributed by atoms with Gasteiger partial charge in [-0.15, -0.1) is 0 Å². The van der Waals surface area contributed by atoms with E-state index in [1.54, 1.807) is 0 Å². The lowest BCUT2D eigenvalue weighted by atomic mass is 9.96. The molecule has 10 rings (SSSR count). The van der Waals surface area contributed by atoms with Crippen LogP contribution < -0.4 is 4.90 Å². The Labute approximate surface area is 289 Å². The predicted octanol–water partition coefficient (Wildman–Crippen LogP) is 13.2. The van der Waals surface area contributed by atoms with Gasteiger partial charge in [0, 0.05) is 28.2 Å². The lowest BCUT2D eigenvalue weighted by Gasteiger charge is -2.26. The number of nitrogens with zero attached hydrogens (tertiary/aromatic N) is 2. The van der Waals surface area contributed by atoms with Crippen molar-refractivity contribution < 1.29 is 4.42 Å². The van der Waals surface area contributed by atoms with Gasteiger partial charge in [-0.05, 0) is 103 Å². The smallest absolute Gasteiger partial charge is 0.227 e. The molecule has 0 saturated heterocycles. The van der Waals surface area contributed by atoms with Gasteiger partial charge in [0.15, 0.2) is 5.58 Å². The number of hydrogen-bond acceptors (Lipinski definition) is 3. The van der Waals surface area contributed by atoms with Crippen LogP contribution in [0.15, 0.2) is 186 Å². The Morgan fingerprint density at radius 2 is 1.00 bits per heavy atom. The lowest BCUT2D eigenvalue weighted by Crippen LogP contribution is -2.10. The maximum Gasteiger partial charge on any atom is 0.227 e. The van der Waals surface area contributed by atoms with Crippen molar-refractivity contribution in [2.24, 2.45) is 0 Å². The lowest BCUT2D eigenvalue weighted by molar-refractivity contribution is 0.620. The maximum absolute atomic E-state index is 6.20. The average Bonchev–Trinajstić information content (AvgIpc) is 3.63. The number of anilines is 3. The number of aromatic nitrogens is 1. The van der Waals surface area contributed by atoms with Crippen LogP contribution in [-0.2, 0) is 0 Å². The van der Waals surface area contributed by atoms with E-state index < -0.39 is 0 Å². The van der Waals surface area contributed by atoms with E-state index in [2.05, 4.69) is 144 Å². The fourth-order valence-electron chi connectivity index (χ4n) is 7.38. The van der Waals surface area contributed by atoms with E-state index in [1.165, 1.54) is 43.1 Å². The molecular weight excluding hydrogens is 609 g/mol. The Balaban J connectivity index is 1.12. The third-order valence-corrected chi connectivity index (χ3v) is 9.85. The van der Waals surface area contributed by atoms with Crippen LogP contribution >= 0.6 is 0 Å². The third-order valence-electron chi connectivity index (χ3n) is 9.85. The van der Waals surface area contributed by atoms with Gasteiger partial charge in [-0.3, -0.25) is 0 Å². The van der Waals surface area contributed by atoms with E-state index in [-0.39, 0.29) is 0 Å². The molecule has 234 valence electrons. The zero-order valence-electron chi connectivity index (χ0n) is 27.1. The van der Waals surface area contributed by atoms with Crippen molar-refractivity contribution >= 4 is 71.3 Å². The highest BCUT2D eigenvalue weighted by Crippen LogP contribution is 2.41. The van der Waals surface area contributed by atoms with Crippen molar-refractivity contribution in [3.63, 3.8) is 0 Å². The van der Waals surface area contributed by atoms with Crippen molar-refractivity contribution in [1.29, 1.82) is 0 Å². The van der Waals surface area contributed by atoms with Crippen LogP contribution in [0.5, 0.6) is 0 Å². The minimum atomic E-state index is 0.629. The van der Waals surface area contributed by atoms with E-state index in [4.69, 9.17) is 9.40 Å². The zero-order valence-corrected chi connectivity index (χ0v) is 27.1. The molecule has 0 aliphatic rings. The van der Waals surface area contributed by atoms with Gasteiger partial charge in [-0.2, -0.15) is 0 Å². The third kappa shape index (κ3) is 4.71. The molecule has 3 nitrogen and oxygen atoms in total. The number of oxazole rings is 1. The second-order valence-electron chi connectivity index (χ2n) is 12.8. The van der Waals surface area contributed by atoms with Crippen molar-refractivity contribution in [3.05, 3.63) is 182 Å². The van der Waals surface area contributed by atoms with Crippen LogP contribution in [0, 0.1) is 0 Å². The number of fused-ring (bicyclic) bond motifs is 7. The topological polar surface area (TPSA) is 29.3 Å². The van der Waals surface area contributed by atoms with Crippen LogP contribution in [0.2, 0.25) is 0 Å². The van der Waals surface area contributed by atoms with Crippen molar-refractivity contribution in [1.82, 2.24) is 4.98 Å². The van der Waals surface area contributed by atoms with Gasteiger partial charge in [-0.25, -0.2) is 4.98 Å². The Bertz CT molecular complexity index is 2870. The van der Waals surface area contributed by atoms with Crippen LogP contribution in [0.25, 0.3) is 76.8 Å². The fraction of sp³-hybridized carbons (Fsp3) is 0. The SMILES string of the molecule is c1ccc(-c2nc3c(-c4ccc(N(c5ccc6ccccc6c5)c5ccc6ccc7c8ccccc8ccc7c6c5)cc4)cccc3o2)cc1. The minimum Gasteiger partial charge on any atom is -0.436 e. The highest BCUT2D eigenvalue weighted by atomic mass is 16.3. The van der Waals surface area contributed by atoms with E-state index in [0.717, 1.165) is 44.9 Å². The normalized spacial score (nSPS) is 11.6. The molecule has 0 aliphatic carbocycles. The second kappa shape index (κ2) is 11.5. The summed E-state index contributed by atoms with van der Waals surface area (Å²) in [7, 11) is 0. The Kier molecular flexibility index (Phi) is 6.49. The standard InChI is InChI=1S/C47H30N2O/c1-2-11-35(12-3-1)47-48-46-41(15-8-16-45(46)50-47)33-18-23-37(24-19-33)49(38-25-17-31-9-4-5-13-36(31)29-38)39-26-20-34-22-27-42-40-14-7-6-10-32(40)21-28-43(42)44(34)30-39/h1-30H. The minimum absolute atomic E-state index is 0.629. The van der Waals surface area contributed by atoms with E-state index in [1.807, 2.05) is 42.5 Å². The molecule has 0 saturated carbocycles. The van der Waals surface area contributed by atoms with Gasteiger partial charge in [0.2, 0.25) is 5.89 Å². The molecule has 0 fully saturated rings. The molecule has 0 atom stereocenters. The number of benzene rings is 9. The summed E-state index contributed by atoms with van der Waals surface area (Å²) < 4.78 is 6.20. The summed E-state index contributed by atoms with van der Waals surface area (Å²) in [6.45, 7) is 0. The second-order valence-corrected chi connectivity index (χ2v) is 12.8. The van der Waals surface area contributed by atoms with Crippen LogP contribution in [0.1, 0.15) is 0 Å². The molecular formula is C47H30N2O. The Morgan fingerprint density at radius 3 is 1.82 bits per heavy atom. The molecule has 9 aromatic carbocycles. The molecule has 0 unspecified atom stereocenters. The molecule has 0 bridgehead atoms. The molecule has 50 heavy (non-hydrogen) atoms. The number of rotatable bonds is 5. The zero-order chi connectivity index (χ0) is 33.0. The predicted molar refractivity (Wildman–Crippen MR) is 210 cm³/mol. The first-order chi connectivity index (χ1) is 24.8. The highest BCUT2D eigenvalue weighted by Gasteiger charge is 2.17. The van der Waals surface area contributed by atoms with Gasteiger partial charge in [0.05, 0.1) is 0 Å². The first-order valence-corrected chi connectivity index (χ1v) is 17.0. The highest BCUT2D eigenvalue weighted by molar-refractivity contribution is 6.17. The van der Waals surface area contributed by atoms with Gasteiger partial charge in [-0.1, -0.05) is 127 Å². The maximum atomic E-state index is 6.20. The van der Waals surface area contributed by atoms with Crippen LogP contribution in [0.3, 0.4) is 0 Å². The van der Waals surface area contributed by atoms with Gasteiger partial charge >= 0.3 is 0 Å². The van der Waals surface area contributed by atoms with Crippen LogP contribution in [-0.4, -0.2) is 4.98 Å². The molecule has 0 N–H and O–H groups in total. The Hall–Kier alpha value is -6.71. The van der Waals surface area contributed by atoms with Crippen molar-refractivity contribution in [2.45, 2.75) is 0 Å². The fourth-order valence-corrected chi connectivity index (χ4v) is 7.38. The largest absolute Gasteiger partial charge is 0.436 e. The molecule has 1 aromatic heterocycles. The quantitative estimate of drug-likeness (QED) is 0.176. The number of para-hydroxylation sites is 1. The van der Waals surface area contributed by atoms with E-state index >= 15 is 0 Å². The van der Waals surface area contributed by atoms with E-state index in [9.17, 15) is 0 Å². The average molecular weight is 639 g/mol. The monoisotopic (exact) mass is 638 g/mol. The molecule has 0 aliphatic heterocycles. The molecule has 0 radical (unpaired) electrons. The molecule has 10 aromatic rings.